The van der Waals surface area contributed by atoms with E-state index in [1.54, 1.807) is 47.1 Å². The number of nitrogens with zero attached hydrogens (tertiary/aromatic N) is 2. The predicted octanol–water partition coefficient (Wildman–Crippen LogP) is 3.06. The van der Waals surface area contributed by atoms with Gasteiger partial charge in [-0.3, -0.25) is 14.2 Å². The fraction of sp³-hybridized carbons (Fsp3) is 0.280. The molecule has 36 heavy (non-hydrogen) atoms. The van der Waals surface area contributed by atoms with E-state index < -0.39 is 17.2 Å². The number of aryl methyl sites for hydroxylation is 1. The fourth-order valence-electron chi connectivity index (χ4n) is 4.20. The number of carbonyl (C=O) groups is 2. The average Bonchev–Trinajstić information content (AvgIpc) is 3.09. The van der Waals surface area contributed by atoms with Crippen LogP contribution < -0.4 is 31.0 Å². The van der Waals surface area contributed by atoms with Gasteiger partial charge in [-0.25, -0.2) is 9.78 Å². The molecule has 11 nitrogen and oxygen atoms in total. The van der Waals surface area contributed by atoms with Crippen molar-refractivity contribution in [1.29, 1.82) is 0 Å². The Kier molecular flexibility index (Phi) is 6.32. The monoisotopic (exact) mass is 493 g/mol. The number of methoxy groups -OCH3 is 2. The first-order chi connectivity index (χ1) is 17.1. The van der Waals surface area contributed by atoms with Crippen LogP contribution in [0.3, 0.4) is 0 Å². The van der Waals surface area contributed by atoms with Crippen molar-refractivity contribution in [3.05, 3.63) is 69.3 Å². The maximum Gasteiger partial charge on any atom is 0.339 e. The van der Waals surface area contributed by atoms with Gasteiger partial charge in [0.05, 0.1) is 19.9 Å². The van der Waals surface area contributed by atoms with Gasteiger partial charge in [0, 0.05) is 30.4 Å². The second kappa shape index (κ2) is 9.25. The average molecular weight is 494 g/mol. The lowest BCUT2D eigenvalue weighted by Crippen LogP contribution is -2.42. The van der Waals surface area contributed by atoms with Crippen molar-refractivity contribution in [1.82, 2.24) is 14.9 Å². The lowest BCUT2D eigenvalue weighted by atomic mass is 10.1. The minimum Gasteiger partial charge on any atom is -0.497 e. The van der Waals surface area contributed by atoms with Crippen molar-refractivity contribution < 1.29 is 24.2 Å². The summed E-state index contributed by atoms with van der Waals surface area (Å²) < 4.78 is 12.0. The predicted molar refractivity (Wildman–Crippen MR) is 134 cm³/mol. The van der Waals surface area contributed by atoms with Gasteiger partial charge in [0.2, 0.25) is 0 Å². The van der Waals surface area contributed by atoms with Crippen LogP contribution in [0.5, 0.6) is 11.5 Å². The molecule has 4 rings (SSSR count). The zero-order valence-corrected chi connectivity index (χ0v) is 20.6. The molecule has 188 valence electrons. The largest absolute Gasteiger partial charge is 0.497 e. The molecule has 0 radical (unpaired) electrons. The van der Waals surface area contributed by atoms with Crippen LogP contribution >= 0.6 is 0 Å². The molecule has 2 aromatic heterocycles. The highest BCUT2D eigenvalue weighted by molar-refractivity contribution is 5.97. The minimum atomic E-state index is -1.21. The van der Waals surface area contributed by atoms with Gasteiger partial charge in [0.15, 0.2) is 0 Å². The van der Waals surface area contributed by atoms with Crippen LogP contribution in [0, 0.1) is 6.92 Å². The van der Waals surface area contributed by atoms with Gasteiger partial charge in [0.1, 0.15) is 39.9 Å². The summed E-state index contributed by atoms with van der Waals surface area (Å²) in [6.45, 7) is 5.50. The molecule has 1 aliphatic heterocycles. The molecule has 3 aromatic rings. The molecule has 3 heterocycles. The number of hydrogen-bond donors (Lipinski definition) is 4. The van der Waals surface area contributed by atoms with E-state index in [1.807, 2.05) is 6.07 Å². The van der Waals surface area contributed by atoms with Crippen LogP contribution in [0.1, 0.15) is 45.8 Å². The number of fused-ring (bicyclic) bond motifs is 1. The summed E-state index contributed by atoms with van der Waals surface area (Å²) in [5, 5.41) is 18.6. The third kappa shape index (κ3) is 4.42. The number of pyridine rings is 2. The molecule has 0 bridgehead atoms. The first-order valence-electron chi connectivity index (χ1n) is 11.1. The summed E-state index contributed by atoms with van der Waals surface area (Å²) in [5.74, 6) is 0.118. The number of carbonyl (C=O) groups excluding carboxylic acids is 1. The molecule has 0 saturated carbocycles. The number of carboxylic acid groups (broad SMARTS) is 1. The Morgan fingerprint density at radius 3 is 2.56 bits per heavy atom. The van der Waals surface area contributed by atoms with Crippen molar-refractivity contribution in [2.75, 3.05) is 24.9 Å². The number of benzene rings is 1. The van der Waals surface area contributed by atoms with E-state index in [9.17, 15) is 19.5 Å². The van der Waals surface area contributed by atoms with Crippen LogP contribution in [0.25, 0.3) is 0 Å². The summed E-state index contributed by atoms with van der Waals surface area (Å²) in [4.78, 5) is 41.7. The van der Waals surface area contributed by atoms with Crippen molar-refractivity contribution >= 4 is 29.1 Å². The van der Waals surface area contributed by atoms with Gasteiger partial charge >= 0.3 is 5.97 Å². The van der Waals surface area contributed by atoms with Gasteiger partial charge in [-0.1, -0.05) is 0 Å². The highest BCUT2D eigenvalue weighted by atomic mass is 16.5. The number of aromatic nitrogens is 2. The molecule has 4 N–H and O–H groups in total. The quantitative estimate of drug-likeness (QED) is 0.372. The fourth-order valence-corrected chi connectivity index (χ4v) is 4.20. The first-order valence-corrected chi connectivity index (χ1v) is 11.1. The molecule has 1 aromatic carbocycles. The number of hydrogen-bond acceptors (Lipinski definition) is 8. The number of aromatic carboxylic acids is 1. The molecule has 0 fully saturated rings. The lowest BCUT2D eigenvalue weighted by Gasteiger charge is -2.22. The minimum absolute atomic E-state index is 0.112. The molecule has 0 unspecified atom stereocenters. The smallest absolute Gasteiger partial charge is 0.339 e. The zero-order valence-electron chi connectivity index (χ0n) is 20.6. The Morgan fingerprint density at radius 2 is 1.89 bits per heavy atom. The van der Waals surface area contributed by atoms with E-state index in [1.165, 1.54) is 22.9 Å². The third-order valence-electron chi connectivity index (χ3n) is 5.94. The van der Waals surface area contributed by atoms with Crippen LogP contribution in [-0.2, 0) is 12.2 Å². The van der Waals surface area contributed by atoms with E-state index >= 15 is 0 Å². The summed E-state index contributed by atoms with van der Waals surface area (Å²) in [5.41, 5.74) is 0.512. The van der Waals surface area contributed by atoms with Crippen molar-refractivity contribution in [3.8, 4) is 11.5 Å². The molecule has 0 aliphatic carbocycles. The topological polar surface area (TPSA) is 144 Å². The standard InChI is InChI=1S/C25H27N5O6/c1-13-8-18(23(32)30-21(13)22(31)29-25(30,2)3)28-17-10-20(27-12-16(17)24(33)34)26-11-14-6-7-15(35-4)9-19(14)36-5/h6-10,12H,11H2,1-5H3,(H,29,31)(H,33,34)(H2,26,27,28). The molecule has 11 heteroatoms. The molecule has 0 saturated heterocycles. The molecule has 1 aliphatic rings. The highest BCUT2D eigenvalue weighted by Gasteiger charge is 2.37. The van der Waals surface area contributed by atoms with E-state index in [-0.39, 0.29) is 28.5 Å². The maximum atomic E-state index is 13.3. The van der Waals surface area contributed by atoms with Crippen LogP contribution in [0.15, 0.2) is 41.3 Å². The van der Waals surface area contributed by atoms with Crippen molar-refractivity contribution in [2.45, 2.75) is 33.0 Å². The van der Waals surface area contributed by atoms with Crippen LogP contribution in [0.2, 0.25) is 0 Å². The molecular formula is C25H27N5O6. The van der Waals surface area contributed by atoms with Gasteiger partial charge in [-0.15, -0.1) is 0 Å². The molecule has 0 atom stereocenters. The zero-order chi connectivity index (χ0) is 26.2. The SMILES string of the molecule is COc1ccc(CNc2cc(Nc3cc(C)c4n(c3=O)C(C)(C)NC4=O)c(C(=O)O)cn2)c(OC)c1. The van der Waals surface area contributed by atoms with Gasteiger partial charge in [-0.2, -0.15) is 0 Å². The van der Waals surface area contributed by atoms with Gasteiger partial charge < -0.3 is 30.5 Å². The van der Waals surface area contributed by atoms with Crippen molar-refractivity contribution in [2.24, 2.45) is 0 Å². The molecule has 0 spiro atoms. The number of rotatable bonds is 8. The van der Waals surface area contributed by atoms with Crippen molar-refractivity contribution in [3.63, 3.8) is 0 Å². The Morgan fingerprint density at radius 1 is 1.14 bits per heavy atom. The van der Waals surface area contributed by atoms with E-state index in [4.69, 9.17) is 9.47 Å². The van der Waals surface area contributed by atoms with Crippen LogP contribution in [0.4, 0.5) is 17.2 Å². The number of nitrogens with one attached hydrogen (secondary N) is 3. The van der Waals surface area contributed by atoms with Gasteiger partial charge in [0.25, 0.3) is 11.5 Å². The Labute approximate surface area is 207 Å². The highest BCUT2D eigenvalue weighted by Crippen LogP contribution is 2.29. The number of carboxylic acids is 1. The van der Waals surface area contributed by atoms with Crippen LogP contribution in [-0.4, -0.2) is 40.8 Å². The Hall–Kier alpha value is -4.54. The summed E-state index contributed by atoms with van der Waals surface area (Å²) in [6, 6.07) is 8.46. The van der Waals surface area contributed by atoms with E-state index in [2.05, 4.69) is 20.9 Å². The summed E-state index contributed by atoms with van der Waals surface area (Å²) in [7, 11) is 3.13. The van der Waals surface area contributed by atoms with E-state index in [0.29, 0.717) is 29.4 Å². The third-order valence-corrected chi connectivity index (χ3v) is 5.94. The first kappa shape index (κ1) is 24.6. The summed E-state index contributed by atoms with van der Waals surface area (Å²) in [6.07, 6.45) is 1.21. The number of ether oxygens (including phenoxy) is 2. The molecular weight excluding hydrogens is 466 g/mol. The normalized spacial score (nSPS) is 13.5. The van der Waals surface area contributed by atoms with Gasteiger partial charge in [-0.05, 0) is 44.5 Å². The second-order valence-corrected chi connectivity index (χ2v) is 8.82. The maximum absolute atomic E-state index is 13.3. The Bertz CT molecular complexity index is 1430. The molecule has 1 amide bonds. The van der Waals surface area contributed by atoms with E-state index in [0.717, 1.165) is 5.56 Å². The number of anilines is 3. The Balaban J connectivity index is 1.67. The lowest BCUT2D eigenvalue weighted by molar-refractivity contribution is 0.0697. The number of amides is 1. The summed E-state index contributed by atoms with van der Waals surface area (Å²) >= 11 is 0. The second-order valence-electron chi connectivity index (χ2n) is 8.82.